The summed E-state index contributed by atoms with van der Waals surface area (Å²) in [5.74, 6) is 1.66. The van der Waals surface area contributed by atoms with E-state index in [4.69, 9.17) is 0 Å². The first-order valence-electron chi connectivity index (χ1n) is 9.10. The molecule has 0 unspecified atom stereocenters. The average Bonchev–Trinajstić information content (AvgIpc) is 2.62. The fourth-order valence-corrected chi connectivity index (χ4v) is 5.41. The third-order valence-corrected chi connectivity index (χ3v) is 8.16. The first-order chi connectivity index (χ1) is 12.3. The van der Waals surface area contributed by atoms with E-state index >= 15 is 0 Å². The average molecular weight is 375 g/mol. The van der Waals surface area contributed by atoms with Crippen LogP contribution in [0.25, 0.3) is 0 Å². The zero-order valence-corrected chi connectivity index (χ0v) is 16.6. The number of benzene rings is 2. The van der Waals surface area contributed by atoms with Gasteiger partial charge < -0.3 is 0 Å². The van der Waals surface area contributed by atoms with Gasteiger partial charge in [0.25, 0.3) is 0 Å². The Kier molecular flexibility index (Phi) is 7.11. The Morgan fingerprint density at radius 1 is 0.808 bits per heavy atom. The molecule has 0 saturated carbocycles. The van der Waals surface area contributed by atoms with Crippen molar-refractivity contribution < 1.29 is 13.2 Å². The number of rotatable bonds is 6. The van der Waals surface area contributed by atoms with Crippen LogP contribution in [0, 0.1) is 29.3 Å². The van der Waals surface area contributed by atoms with Gasteiger partial charge in [0.1, 0.15) is 0 Å². The summed E-state index contributed by atoms with van der Waals surface area (Å²) in [4.78, 5) is 0. The molecule has 0 nitrogen and oxygen atoms in total. The predicted octanol–water partition coefficient (Wildman–Crippen LogP) is 6.00. The van der Waals surface area contributed by atoms with Crippen LogP contribution in [0.2, 0.25) is 19.1 Å². The van der Waals surface area contributed by atoms with E-state index in [-0.39, 0.29) is 5.56 Å². The Balaban J connectivity index is 2.08. The van der Waals surface area contributed by atoms with Gasteiger partial charge in [-0.2, -0.15) is 0 Å². The lowest BCUT2D eigenvalue weighted by atomic mass is 10.1. The molecule has 0 fully saturated rings. The van der Waals surface area contributed by atoms with Gasteiger partial charge in [-0.25, -0.2) is 13.2 Å². The maximum absolute atomic E-state index is 13.2. The Hall–Kier alpha value is -1.99. The van der Waals surface area contributed by atoms with Crippen molar-refractivity contribution in [3.63, 3.8) is 0 Å². The summed E-state index contributed by atoms with van der Waals surface area (Å²) < 4.78 is 39.4. The van der Waals surface area contributed by atoms with Gasteiger partial charge >= 0.3 is 0 Å². The molecule has 0 aliphatic heterocycles. The van der Waals surface area contributed by atoms with E-state index in [0.717, 1.165) is 17.7 Å². The SMILES string of the molecule is CCCCCC[Si](C)(C)c1ccc(C#Cc2cc(F)c(F)c(F)c2)cc1. The first kappa shape index (κ1) is 20.3. The molecule has 0 N–H and O–H groups in total. The molecule has 0 aromatic heterocycles. The largest absolute Gasteiger partial charge is 0.204 e. The van der Waals surface area contributed by atoms with E-state index in [1.165, 1.54) is 36.9 Å². The summed E-state index contributed by atoms with van der Waals surface area (Å²) in [6, 6.07) is 11.2. The molecular weight excluding hydrogens is 349 g/mol. The van der Waals surface area contributed by atoms with Crippen molar-refractivity contribution in [1.82, 2.24) is 0 Å². The molecule has 0 aliphatic carbocycles. The topological polar surface area (TPSA) is 0 Å². The van der Waals surface area contributed by atoms with Crippen LogP contribution in [0.4, 0.5) is 13.2 Å². The quantitative estimate of drug-likeness (QED) is 0.252. The fraction of sp³-hybridized carbons (Fsp3) is 0.364. The lowest BCUT2D eigenvalue weighted by molar-refractivity contribution is 0.446. The Bertz CT molecular complexity index is 775. The fourth-order valence-electron chi connectivity index (χ4n) is 2.91. The van der Waals surface area contributed by atoms with Crippen LogP contribution in [-0.4, -0.2) is 8.07 Å². The second-order valence-corrected chi connectivity index (χ2v) is 12.1. The van der Waals surface area contributed by atoms with Crippen molar-refractivity contribution in [3.8, 4) is 11.8 Å². The number of halogens is 3. The summed E-state index contributed by atoms with van der Waals surface area (Å²) in [6.07, 6.45) is 5.11. The monoisotopic (exact) mass is 374 g/mol. The molecule has 0 aliphatic rings. The van der Waals surface area contributed by atoms with Gasteiger partial charge in [0, 0.05) is 11.1 Å². The van der Waals surface area contributed by atoms with Gasteiger partial charge in [0.2, 0.25) is 0 Å². The summed E-state index contributed by atoms with van der Waals surface area (Å²) in [5.41, 5.74) is 0.894. The van der Waals surface area contributed by atoms with Crippen molar-refractivity contribution in [2.45, 2.75) is 51.7 Å². The van der Waals surface area contributed by atoms with E-state index < -0.39 is 25.5 Å². The Morgan fingerprint density at radius 3 is 1.96 bits per heavy atom. The molecule has 0 amide bonds. The highest BCUT2D eigenvalue weighted by atomic mass is 28.3. The lowest BCUT2D eigenvalue weighted by Gasteiger charge is -2.23. The minimum Gasteiger partial charge on any atom is -0.204 e. The van der Waals surface area contributed by atoms with E-state index in [1.54, 1.807) is 0 Å². The number of hydrogen-bond acceptors (Lipinski definition) is 0. The van der Waals surface area contributed by atoms with Crippen molar-refractivity contribution in [3.05, 3.63) is 65.0 Å². The highest BCUT2D eigenvalue weighted by Gasteiger charge is 2.22. The Labute approximate surface area is 155 Å². The van der Waals surface area contributed by atoms with E-state index in [2.05, 4.69) is 44.0 Å². The van der Waals surface area contributed by atoms with Crippen molar-refractivity contribution in [2.75, 3.05) is 0 Å². The van der Waals surface area contributed by atoms with Gasteiger partial charge in [0.05, 0.1) is 8.07 Å². The van der Waals surface area contributed by atoms with Crippen molar-refractivity contribution >= 4 is 13.3 Å². The molecule has 2 aromatic rings. The van der Waals surface area contributed by atoms with Crippen LogP contribution in [-0.2, 0) is 0 Å². The van der Waals surface area contributed by atoms with E-state index in [0.29, 0.717) is 0 Å². The second-order valence-electron chi connectivity index (χ2n) is 7.28. The van der Waals surface area contributed by atoms with Gasteiger partial charge in [-0.3, -0.25) is 0 Å². The van der Waals surface area contributed by atoms with Crippen LogP contribution in [0.1, 0.15) is 43.7 Å². The number of unbranched alkanes of at least 4 members (excludes halogenated alkanes) is 3. The molecule has 0 saturated heterocycles. The van der Waals surface area contributed by atoms with Gasteiger partial charge in [-0.15, -0.1) is 0 Å². The minimum absolute atomic E-state index is 0.121. The summed E-state index contributed by atoms with van der Waals surface area (Å²) in [7, 11) is -1.45. The summed E-state index contributed by atoms with van der Waals surface area (Å²) in [5, 5.41) is 1.39. The summed E-state index contributed by atoms with van der Waals surface area (Å²) in [6.45, 7) is 6.98. The van der Waals surface area contributed by atoms with Crippen LogP contribution in [0.5, 0.6) is 0 Å². The predicted molar refractivity (Wildman–Crippen MR) is 105 cm³/mol. The highest BCUT2D eigenvalue weighted by molar-refractivity contribution is 6.89. The summed E-state index contributed by atoms with van der Waals surface area (Å²) >= 11 is 0. The highest BCUT2D eigenvalue weighted by Crippen LogP contribution is 2.16. The molecule has 4 heteroatoms. The van der Waals surface area contributed by atoms with Crippen LogP contribution in [0.15, 0.2) is 36.4 Å². The first-order valence-corrected chi connectivity index (χ1v) is 12.3. The molecule has 138 valence electrons. The second kappa shape index (κ2) is 9.09. The zero-order valence-electron chi connectivity index (χ0n) is 15.6. The van der Waals surface area contributed by atoms with Gasteiger partial charge in [0.15, 0.2) is 17.5 Å². The molecule has 0 radical (unpaired) electrons. The zero-order chi connectivity index (χ0) is 19.2. The van der Waals surface area contributed by atoms with E-state index in [9.17, 15) is 13.2 Å². The number of hydrogen-bond donors (Lipinski definition) is 0. The van der Waals surface area contributed by atoms with Crippen LogP contribution >= 0.6 is 0 Å². The third-order valence-electron chi connectivity index (χ3n) is 4.66. The molecule has 0 spiro atoms. The molecule has 0 atom stereocenters. The Morgan fingerprint density at radius 2 is 1.38 bits per heavy atom. The van der Waals surface area contributed by atoms with Crippen molar-refractivity contribution in [1.29, 1.82) is 0 Å². The molecule has 0 bridgehead atoms. The normalized spacial score (nSPS) is 11.2. The lowest BCUT2D eigenvalue weighted by Crippen LogP contribution is -2.40. The smallest absolute Gasteiger partial charge is 0.194 e. The third kappa shape index (κ3) is 5.50. The van der Waals surface area contributed by atoms with Gasteiger partial charge in [-0.05, 0) is 24.3 Å². The minimum atomic E-state index is -1.47. The maximum atomic E-state index is 13.2. The van der Waals surface area contributed by atoms with Crippen molar-refractivity contribution in [2.24, 2.45) is 0 Å². The van der Waals surface area contributed by atoms with Gasteiger partial charge in [-0.1, -0.05) is 80.9 Å². The maximum Gasteiger partial charge on any atom is 0.194 e. The molecular formula is C22H25F3Si. The molecule has 2 aromatic carbocycles. The van der Waals surface area contributed by atoms with Crippen LogP contribution < -0.4 is 5.19 Å². The molecule has 0 heterocycles. The molecule has 2 rings (SSSR count). The van der Waals surface area contributed by atoms with Crippen LogP contribution in [0.3, 0.4) is 0 Å². The molecule has 26 heavy (non-hydrogen) atoms. The standard InChI is InChI=1S/C22H25F3Si/c1-4-5-6-7-14-26(2,3)19-12-10-17(11-13-19)8-9-18-15-20(23)22(25)21(24)16-18/h10-13,15-16H,4-7,14H2,1-3H3. The van der Waals surface area contributed by atoms with E-state index in [1.807, 2.05) is 12.1 Å².